The summed E-state index contributed by atoms with van der Waals surface area (Å²) in [6, 6.07) is 20.6. The molecule has 0 bridgehead atoms. The Balaban J connectivity index is 1.35. The molecule has 0 radical (unpaired) electrons. The Labute approximate surface area is 188 Å². The fourth-order valence-electron chi connectivity index (χ4n) is 4.17. The summed E-state index contributed by atoms with van der Waals surface area (Å²) in [6.45, 7) is 0. The van der Waals surface area contributed by atoms with Gasteiger partial charge in [-0.25, -0.2) is 0 Å². The van der Waals surface area contributed by atoms with E-state index in [0.29, 0.717) is 29.8 Å². The van der Waals surface area contributed by atoms with Gasteiger partial charge in [-0.2, -0.15) is 0 Å². The number of aromatic nitrogens is 6. The molecule has 0 amide bonds. The van der Waals surface area contributed by atoms with Crippen LogP contribution in [-0.4, -0.2) is 40.2 Å². The Kier molecular flexibility index (Phi) is 4.43. The standard InChI is InChI=1S/C25H20N6O2/c32-24-16(7-5-13-22(24)30-26-18-9-1-2-10-19(18)27-30)15-17-8-6-14-23(25(17)33)31-28-20-11-3-4-12-21(20)29-31/h1-5,7,9-14,32-33H,6,8,15H2. The van der Waals surface area contributed by atoms with Crippen LogP contribution in [0.2, 0.25) is 0 Å². The van der Waals surface area contributed by atoms with Gasteiger partial charge in [0.15, 0.2) is 0 Å². The SMILES string of the molecule is OC1=C(Cc2cccc(-n3nc4ccccc4n3)c2O)CCC=C1n1nc2ccccc2n1. The van der Waals surface area contributed by atoms with Crippen molar-refractivity contribution in [3.63, 3.8) is 0 Å². The zero-order valence-electron chi connectivity index (χ0n) is 17.6. The maximum absolute atomic E-state index is 11.0. The molecule has 0 spiro atoms. The number of para-hydroxylation sites is 1. The molecule has 162 valence electrons. The molecule has 0 atom stereocenters. The summed E-state index contributed by atoms with van der Waals surface area (Å²) in [5.74, 6) is 0.242. The number of allylic oxidation sites excluding steroid dienone is 3. The van der Waals surface area contributed by atoms with Gasteiger partial charge in [-0.15, -0.1) is 30.0 Å². The molecular weight excluding hydrogens is 416 g/mol. The van der Waals surface area contributed by atoms with Crippen molar-refractivity contribution in [2.24, 2.45) is 0 Å². The van der Waals surface area contributed by atoms with Gasteiger partial charge in [0, 0.05) is 12.0 Å². The second-order valence-corrected chi connectivity index (χ2v) is 8.00. The number of benzene rings is 3. The quantitative estimate of drug-likeness (QED) is 0.428. The molecule has 0 fully saturated rings. The molecule has 1 aliphatic carbocycles. The Morgan fingerprint density at radius 2 is 1.27 bits per heavy atom. The number of hydrogen-bond acceptors (Lipinski definition) is 6. The van der Waals surface area contributed by atoms with Crippen molar-refractivity contribution in [1.29, 1.82) is 0 Å². The average molecular weight is 436 g/mol. The third-order valence-corrected chi connectivity index (χ3v) is 5.87. The number of phenols is 1. The smallest absolute Gasteiger partial charge is 0.146 e. The minimum absolute atomic E-state index is 0.0946. The van der Waals surface area contributed by atoms with Gasteiger partial charge in [-0.05, 0) is 48.7 Å². The molecule has 3 aromatic carbocycles. The zero-order valence-corrected chi connectivity index (χ0v) is 17.6. The van der Waals surface area contributed by atoms with E-state index in [1.807, 2.05) is 66.7 Å². The summed E-state index contributed by atoms with van der Waals surface area (Å²) in [5.41, 5.74) is 5.60. The molecule has 5 aromatic rings. The number of nitrogens with zero attached hydrogens (tertiary/aromatic N) is 6. The summed E-state index contributed by atoms with van der Waals surface area (Å²) in [4.78, 5) is 2.93. The van der Waals surface area contributed by atoms with Crippen LogP contribution in [0.3, 0.4) is 0 Å². The number of rotatable bonds is 4. The van der Waals surface area contributed by atoms with Crippen molar-refractivity contribution in [2.45, 2.75) is 19.3 Å². The number of aliphatic hydroxyl groups excluding tert-OH is 1. The van der Waals surface area contributed by atoms with E-state index in [4.69, 9.17) is 0 Å². The molecule has 0 unspecified atom stereocenters. The van der Waals surface area contributed by atoms with Crippen LogP contribution in [0.25, 0.3) is 33.5 Å². The average Bonchev–Trinajstić information content (AvgIpc) is 3.45. The second-order valence-electron chi connectivity index (χ2n) is 8.00. The van der Waals surface area contributed by atoms with E-state index >= 15 is 0 Å². The van der Waals surface area contributed by atoms with Crippen LogP contribution in [0, 0.1) is 0 Å². The van der Waals surface area contributed by atoms with Crippen molar-refractivity contribution in [3.05, 3.63) is 89.7 Å². The van der Waals surface area contributed by atoms with Gasteiger partial charge in [0.1, 0.15) is 45.0 Å². The molecule has 2 aromatic heterocycles. The highest BCUT2D eigenvalue weighted by molar-refractivity contribution is 5.75. The molecule has 2 heterocycles. The van der Waals surface area contributed by atoms with E-state index in [0.717, 1.165) is 34.1 Å². The van der Waals surface area contributed by atoms with Crippen LogP contribution < -0.4 is 0 Å². The van der Waals surface area contributed by atoms with Crippen molar-refractivity contribution >= 4 is 27.8 Å². The molecule has 33 heavy (non-hydrogen) atoms. The Hall–Kier alpha value is -4.46. The lowest BCUT2D eigenvalue weighted by molar-refractivity contribution is 0.412. The molecule has 1 aliphatic rings. The maximum atomic E-state index is 11.0. The number of aromatic hydroxyl groups is 1. The molecule has 2 N–H and O–H groups in total. The number of hydrogen-bond donors (Lipinski definition) is 2. The van der Waals surface area contributed by atoms with E-state index in [1.54, 1.807) is 6.07 Å². The predicted molar refractivity (Wildman–Crippen MR) is 125 cm³/mol. The van der Waals surface area contributed by atoms with Gasteiger partial charge in [-0.3, -0.25) is 0 Å². The monoisotopic (exact) mass is 436 g/mol. The van der Waals surface area contributed by atoms with Gasteiger partial charge in [0.2, 0.25) is 0 Å². The number of phenolic OH excluding ortho intramolecular Hbond substituents is 1. The molecule has 8 nitrogen and oxygen atoms in total. The fourth-order valence-corrected chi connectivity index (χ4v) is 4.17. The van der Waals surface area contributed by atoms with E-state index in [1.165, 1.54) is 9.59 Å². The predicted octanol–water partition coefficient (Wildman–Crippen LogP) is 4.56. The normalized spacial score (nSPS) is 14.2. The van der Waals surface area contributed by atoms with Gasteiger partial charge < -0.3 is 10.2 Å². The molecular formula is C25H20N6O2. The van der Waals surface area contributed by atoms with Crippen molar-refractivity contribution in [2.75, 3.05) is 0 Å². The lowest BCUT2D eigenvalue weighted by Crippen LogP contribution is -2.11. The second kappa shape index (κ2) is 7.59. The highest BCUT2D eigenvalue weighted by atomic mass is 16.3. The van der Waals surface area contributed by atoms with Crippen LogP contribution in [0.4, 0.5) is 0 Å². The molecule has 6 rings (SSSR count). The molecule has 0 saturated heterocycles. The Bertz CT molecular complexity index is 1510. The third kappa shape index (κ3) is 3.32. The summed E-state index contributed by atoms with van der Waals surface area (Å²) in [7, 11) is 0. The van der Waals surface area contributed by atoms with E-state index < -0.39 is 0 Å². The third-order valence-electron chi connectivity index (χ3n) is 5.87. The number of aliphatic hydroxyl groups is 1. The Morgan fingerprint density at radius 1 is 0.697 bits per heavy atom. The lowest BCUT2D eigenvalue weighted by atomic mass is 9.94. The molecule has 0 aliphatic heterocycles. The summed E-state index contributed by atoms with van der Waals surface area (Å²) >= 11 is 0. The van der Waals surface area contributed by atoms with Crippen LogP contribution in [0.1, 0.15) is 18.4 Å². The maximum Gasteiger partial charge on any atom is 0.146 e. The fraction of sp³-hybridized carbons (Fsp3) is 0.120. The highest BCUT2D eigenvalue weighted by Crippen LogP contribution is 2.33. The van der Waals surface area contributed by atoms with Gasteiger partial charge in [-0.1, -0.05) is 42.5 Å². The van der Waals surface area contributed by atoms with Crippen molar-refractivity contribution in [3.8, 4) is 11.4 Å². The largest absolute Gasteiger partial charge is 0.506 e. The van der Waals surface area contributed by atoms with Gasteiger partial charge in [0.05, 0.1) is 0 Å². The minimum atomic E-state index is 0.0946. The summed E-state index contributed by atoms with van der Waals surface area (Å²) in [5, 5.41) is 40.0. The van der Waals surface area contributed by atoms with Gasteiger partial charge >= 0.3 is 0 Å². The van der Waals surface area contributed by atoms with Crippen molar-refractivity contribution < 1.29 is 10.2 Å². The Morgan fingerprint density at radius 3 is 1.88 bits per heavy atom. The van der Waals surface area contributed by atoms with E-state index in [-0.39, 0.29) is 11.5 Å². The molecule has 0 saturated carbocycles. The first-order valence-corrected chi connectivity index (χ1v) is 10.7. The highest BCUT2D eigenvalue weighted by Gasteiger charge is 2.21. The van der Waals surface area contributed by atoms with Gasteiger partial charge in [0.25, 0.3) is 0 Å². The first kappa shape index (κ1) is 19.2. The zero-order chi connectivity index (χ0) is 22.4. The summed E-state index contributed by atoms with van der Waals surface area (Å²) < 4.78 is 0. The van der Waals surface area contributed by atoms with E-state index in [9.17, 15) is 10.2 Å². The van der Waals surface area contributed by atoms with Crippen LogP contribution in [0.5, 0.6) is 5.75 Å². The number of fused-ring (bicyclic) bond motifs is 2. The first-order chi connectivity index (χ1) is 16.2. The molecule has 8 heteroatoms. The van der Waals surface area contributed by atoms with Crippen LogP contribution in [-0.2, 0) is 6.42 Å². The van der Waals surface area contributed by atoms with Crippen LogP contribution in [0.15, 0.2) is 84.1 Å². The first-order valence-electron chi connectivity index (χ1n) is 10.7. The van der Waals surface area contributed by atoms with E-state index in [2.05, 4.69) is 20.4 Å². The topological polar surface area (TPSA) is 102 Å². The lowest BCUT2D eigenvalue weighted by Gasteiger charge is -2.18. The van der Waals surface area contributed by atoms with Crippen molar-refractivity contribution in [1.82, 2.24) is 30.0 Å². The van der Waals surface area contributed by atoms with Crippen LogP contribution >= 0.6 is 0 Å². The minimum Gasteiger partial charge on any atom is -0.506 e. The summed E-state index contributed by atoms with van der Waals surface area (Å²) in [6.07, 6.45) is 3.76.